The Hall–Kier alpha value is -12.5. The Morgan fingerprint density at radius 1 is 0.222 bits per heavy atom. The molecule has 0 spiro atoms. The highest BCUT2D eigenvalue weighted by molar-refractivity contribution is 6.19. The van der Waals surface area contributed by atoms with Crippen molar-refractivity contribution >= 4 is 78.3 Å². The molecule has 0 bridgehead atoms. The summed E-state index contributed by atoms with van der Waals surface area (Å²) in [6, 6.07) is 99.9. The van der Waals surface area contributed by atoms with Crippen molar-refractivity contribution in [3.05, 3.63) is 291 Å². The van der Waals surface area contributed by atoms with E-state index in [1.165, 1.54) is 0 Å². The van der Waals surface area contributed by atoms with Crippen molar-refractivity contribution in [1.29, 1.82) is 0 Å². The molecule has 0 radical (unpaired) electrons. The monoisotopic (exact) mass is 1160 g/mol. The highest BCUT2D eigenvalue weighted by Crippen LogP contribution is 2.53. The van der Waals surface area contributed by atoms with Crippen molar-refractivity contribution in [3.63, 3.8) is 0 Å². The van der Waals surface area contributed by atoms with Gasteiger partial charge in [0.25, 0.3) is 0 Å². The van der Waals surface area contributed by atoms with Crippen molar-refractivity contribution < 1.29 is 9.47 Å². The van der Waals surface area contributed by atoms with Crippen LogP contribution in [-0.2, 0) is 0 Å². The summed E-state index contributed by atoms with van der Waals surface area (Å²) >= 11 is 0. The Labute approximate surface area is 516 Å². The minimum atomic E-state index is 0.398. The second kappa shape index (κ2) is 20.6. The number of benzene rings is 12. The van der Waals surface area contributed by atoms with E-state index in [4.69, 9.17) is 39.4 Å². The number of ether oxygens (including phenoxy) is 2. The van der Waals surface area contributed by atoms with Crippen LogP contribution in [0.4, 0.5) is 34.6 Å². The summed E-state index contributed by atoms with van der Waals surface area (Å²) < 4.78 is 17.6. The molecule has 12 aromatic carbocycles. The molecule has 0 amide bonds. The largest absolute Gasteiger partial charge is 0.453 e. The minimum Gasteiger partial charge on any atom is -0.453 e. The molecule has 0 saturated heterocycles. The van der Waals surface area contributed by atoms with Crippen molar-refractivity contribution in [2.45, 2.75) is 0 Å². The summed E-state index contributed by atoms with van der Waals surface area (Å²) in [5.41, 5.74) is 14.9. The van der Waals surface area contributed by atoms with E-state index in [1.807, 2.05) is 109 Å². The Kier molecular flexibility index (Phi) is 11.6. The van der Waals surface area contributed by atoms with E-state index in [0.29, 0.717) is 58.3 Å². The normalized spacial score (nSPS) is 12.4. The maximum absolute atomic E-state index is 6.56. The lowest BCUT2D eigenvalue weighted by atomic mass is 10.0. The molecule has 0 unspecified atom stereocenters. The third-order valence-electron chi connectivity index (χ3n) is 17.0. The average molecular weight is 1160 g/mol. The highest BCUT2D eigenvalue weighted by atomic mass is 16.5. The molecular formula is C78H48N10O2. The van der Waals surface area contributed by atoms with Gasteiger partial charge >= 0.3 is 0 Å². The predicted octanol–water partition coefficient (Wildman–Crippen LogP) is 19.7. The van der Waals surface area contributed by atoms with Crippen LogP contribution in [0.25, 0.3) is 112 Å². The van der Waals surface area contributed by atoms with Crippen LogP contribution in [0, 0.1) is 0 Å². The van der Waals surface area contributed by atoms with E-state index in [1.54, 1.807) is 0 Å². The fraction of sp³-hybridized carbons (Fsp3) is 0. The zero-order chi connectivity index (χ0) is 59.2. The fourth-order valence-electron chi connectivity index (χ4n) is 12.9. The van der Waals surface area contributed by atoms with E-state index in [2.05, 4.69) is 201 Å². The summed E-state index contributed by atoms with van der Waals surface area (Å²) in [6.45, 7) is 0. The molecule has 0 N–H and O–H groups in total. The summed E-state index contributed by atoms with van der Waals surface area (Å²) in [5, 5.41) is 4.29. The van der Waals surface area contributed by atoms with Gasteiger partial charge in [-0.05, 0) is 119 Å². The number of nitrogens with zero attached hydrogens (tertiary/aromatic N) is 10. The van der Waals surface area contributed by atoms with Crippen LogP contribution in [-0.4, -0.2) is 39.0 Å². The molecule has 18 rings (SSSR count). The topological polar surface area (TPSA) is 112 Å². The van der Waals surface area contributed by atoms with E-state index in [9.17, 15) is 0 Å². The van der Waals surface area contributed by atoms with Crippen LogP contribution < -0.4 is 19.3 Å². The first kappa shape index (κ1) is 50.8. The number of rotatable bonds is 9. The highest BCUT2D eigenvalue weighted by Gasteiger charge is 2.33. The van der Waals surface area contributed by atoms with Crippen LogP contribution in [0.15, 0.2) is 291 Å². The average Bonchev–Trinajstić information content (AvgIpc) is 1.51. The molecule has 0 fully saturated rings. The lowest BCUT2D eigenvalue weighted by Crippen LogP contribution is -2.23. The van der Waals surface area contributed by atoms with E-state index >= 15 is 0 Å². The molecule has 422 valence electrons. The molecule has 12 heteroatoms. The molecule has 12 nitrogen and oxygen atoms in total. The number of fused-ring (bicyclic) bond motifs is 10. The van der Waals surface area contributed by atoms with E-state index in [-0.39, 0.29) is 0 Å². The second-order valence-electron chi connectivity index (χ2n) is 22.3. The Morgan fingerprint density at radius 3 is 1.06 bits per heavy atom. The van der Waals surface area contributed by atoms with Gasteiger partial charge in [0, 0.05) is 43.9 Å². The minimum absolute atomic E-state index is 0.398. The number of hydrogen-bond donors (Lipinski definition) is 0. The zero-order valence-electron chi connectivity index (χ0n) is 48.0. The van der Waals surface area contributed by atoms with Crippen LogP contribution in [0.2, 0.25) is 0 Å². The first-order chi connectivity index (χ1) is 44.6. The molecule has 0 aliphatic carbocycles. The quantitative estimate of drug-likeness (QED) is 0.138. The zero-order valence-corrected chi connectivity index (χ0v) is 48.0. The number of para-hydroxylation sites is 10. The van der Waals surface area contributed by atoms with E-state index < -0.39 is 0 Å². The van der Waals surface area contributed by atoms with Gasteiger partial charge in [-0.2, -0.15) is 15.0 Å². The number of anilines is 6. The van der Waals surface area contributed by atoms with Crippen LogP contribution >= 0.6 is 0 Å². The van der Waals surface area contributed by atoms with Gasteiger partial charge < -0.3 is 14.0 Å². The SMILES string of the molecule is c1ccc(-c2cccc(-c3nc(-c4cccc(-c5ccccc5)c4)nc(-c4cccc(-n5c6ccccc6c6cc7c8ccccc8n(-c8nc(N9c%10ccccc%10Oc%10ccccc%109)nc(N9c%10ccccc%10Oc%10ccccc%109)n8)c7cc65)c4)n3)c2)cc1. The molecule has 0 atom stereocenters. The lowest BCUT2D eigenvalue weighted by Gasteiger charge is -2.33. The summed E-state index contributed by atoms with van der Waals surface area (Å²) in [5.74, 6) is 5.62. The van der Waals surface area contributed by atoms with Crippen LogP contribution in [0.5, 0.6) is 23.0 Å². The number of aromatic nitrogens is 8. The van der Waals surface area contributed by atoms with Crippen molar-refractivity contribution in [2.24, 2.45) is 0 Å². The molecule has 4 aromatic heterocycles. The summed E-state index contributed by atoms with van der Waals surface area (Å²) in [4.78, 5) is 36.7. The van der Waals surface area contributed by atoms with Crippen molar-refractivity contribution in [3.8, 4) is 91.1 Å². The Morgan fingerprint density at radius 2 is 0.578 bits per heavy atom. The standard InChI is InChI=1S/C78H48N10O2/c1-3-22-49(23-4-1)51-26-19-28-53(44-51)73-79-74(54-29-20-27-52(45-54)50-24-5-2-6-25-50)81-75(80-73)55-30-21-31-56(46-55)85-61-34-9-7-32-57(61)59-47-60-58-33-8-10-35-62(58)86(68(60)48-67(59)85)76-82-77(87-63-36-11-15-40-69(63)89-70-41-16-12-37-64(70)87)84-78(83-76)88-65-38-13-17-42-71(65)90-72-43-18-14-39-66(72)88/h1-48H. The summed E-state index contributed by atoms with van der Waals surface area (Å²) in [7, 11) is 0. The van der Waals surface area contributed by atoms with Gasteiger partial charge in [-0.3, -0.25) is 14.4 Å². The van der Waals surface area contributed by atoms with Crippen LogP contribution in [0.3, 0.4) is 0 Å². The van der Waals surface area contributed by atoms with Gasteiger partial charge in [0.15, 0.2) is 40.5 Å². The third-order valence-corrected chi connectivity index (χ3v) is 17.0. The maximum Gasteiger partial charge on any atom is 0.241 e. The fourth-order valence-corrected chi connectivity index (χ4v) is 12.9. The third kappa shape index (κ3) is 8.38. The van der Waals surface area contributed by atoms with Crippen molar-refractivity contribution in [2.75, 3.05) is 9.80 Å². The Bertz CT molecular complexity index is 5240. The maximum atomic E-state index is 6.56. The molecule has 0 saturated carbocycles. The molecule has 16 aromatic rings. The molecule has 6 heterocycles. The van der Waals surface area contributed by atoms with Gasteiger partial charge in [0.1, 0.15) is 0 Å². The first-order valence-electron chi connectivity index (χ1n) is 29.8. The van der Waals surface area contributed by atoms with Gasteiger partial charge in [-0.25, -0.2) is 15.0 Å². The van der Waals surface area contributed by atoms with Crippen molar-refractivity contribution in [1.82, 2.24) is 39.0 Å². The first-order valence-corrected chi connectivity index (χ1v) is 29.8. The van der Waals surface area contributed by atoms with Gasteiger partial charge in [0.2, 0.25) is 17.8 Å². The molecular weight excluding hydrogens is 1110 g/mol. The number of hydrogen-bond acceptors (Lipinski definition) is 10. The molecule has 2 aliphatic heterocycles. The molecule has 2 aliphatic rings. The summed E-state index contributed by atoms with van der Waals surface area (Å²) in [6.07, 6.45) is 0. The lowest BCUT2D eigenvalue weighted by molar-refractivity contribution is 0.476. The molecule has 90 heavy (non-hydrogen) atoms. The predicted molar refractivity (Wildman–Crippen MR) is 359 cm³/mol. The van der Waals surface area contributed by atoms with E-state index in [0.717, 1.165) is 111 Å². The smallest absolute Gasteiger partial charge is 0.241 e. The van der Waals surface area contributed by atoms with Gasteiger partial charge in [0.05, 0.1) is 44.8 Å². The van der Waals surface area contributed by atoms with Crippen LogP contribution in [0.1, 0.15) is 0 Å². The van der Waals surface area contributed by atoms with Gasteiger partial charge in [-0.15, -0.1) is 0 Å². The Balaban J connectivity index is 0.851. The van der Waals surface area contributed by atoms with Gasteiger partial charge in [-0.1, -0.05) is 194 Å². The second-order valence-corrected chi connectivity index (χ2v) is 22.3.